The van der Waals surface area contributed by atoms with E-state index in [1.165, 1.54) is 22.3 Å². The molecule has 0 aliphatic heterocycles. The number of hydrogen-bond acceptors (Lipinski definition) is 4. The maximum absolute atomic E-state index is 12.7. The molecule has 0 amide bonds. The maximum atomic E-state index is 12.7. The number of aromatic hydroxyl groups is 2. The number of rotatable bonds is 4. The largest absolute Gasteiger partial charge is 0.543 e. The molecule has 0 atom stereocenters. The van der Waals surface area contributed by atoms with Crippen LogP contribution in [0, 0.1) is 0 Å². The lowest BCUT2D eigenvalue weighted by Gasteiger charge is -2.38. The normalized spacial score (nSPS) is 14.8. The minimum atomic E-state index is -2.38. The van der Waals surface area contributed by atoms with E-state index in [0.29, 0.717) is 37.2 Å². The van der Waals surface area contributed by atoms with Gasteiger partial charge < -0.3 is 19.1 Å². The van der Waals surface area contributed by atoms with E-state index in [1.54, 1.807) is 0 Å². The second kappa shape index (κ2) is 16.2. The number of hydrogen-bond donors (Lipinski definition) is 2. The summed E-state index contributed by atoms with van der Waals surface area (Å²) in [4.78, 5) is 0. The van der Waals surface area contributed by atoms with Crippen LogP contribution in [0.15, 0.2) is 48.5 Å². The highest BCUT2D eigenvalue weighted by atomic mass is 28.4. The van der Waals surface area contributed by atoms with Crippen molar-refractivity contribution in [3.05, 3.63) is 115 Å². The van der Waals surface area contributed by atoms with Gasteiger partial charge in [0.2, 0.25) is 0 Å². The van der Waals surface area contributed by atoms with Crippen molar-refractivity contribution in [3.8, 4) is 23.0 Å². The summed E-state index contributed by atoms with van der Waals surface area (Å²) in [6.45, 7) is 50.2. The first-order valence-electron chi connectivity index (χ1n) is 23.2. The Kier molecular flexibility index (Phi) is 12.9. The molecule has 0 aromatic heterocycles. The number of phenols is 2. The van der Waals surface area contributed by atoms with Gasteiger partial charge in [-0.1, -0.05) is 173 Å². The standard InChI is InChI=1S/C56H84O4Si2/c1-51(2,3)43-27-35-23-39-31-45(53(7,8)9)33-41(49(39)59-61(19,20)55(13,14)15)25-37-29-44(52(4,5)6)30-38(48(37)58)26-42-34-46(54(10,11)12)32-40(24-36(28-43)47(35)57)50(42)60-62(21,22)56(16,17)18/h27-34,57-58H,23-26H2,1-22H3. The van der Waals surface area contributed by atoms with Crippen LogP contribution in [0.1, 0.15) is 191 Å². The van der Waals surface area contributed by atoms with Crippen molar-refractivity contribution in [2.45, 2.75) is 208 Å². The molecule has 0 radical (unpaired) electrons. The molecule has 0 heterocycles. The molecular weight excluding hydrogens is 793 g/mol. The number of phenolic OH excluding ortho intramolecular Hbond substituents is 2. The van der Waals surface area contributed by atoms with Crippen molar-refractivity contribution in [2.75, 3.05) is 0 Å². The quantitative estimate of drug-likeness (QED) is 0.177. The molecule has 1 aliphatic rings. The Morgan fingerprint density at radius 2 is 0.516 bits per heavy atom. The van der Waals surface area contributed by atoms with Gasteiger partial charge >= 0.3 is 0 Å². The van der Waals surface area contributed by atoms with Gasteiger partial charge in [0.15, 0.2) is 0 Å². The minimum Gasteiger partial charge on any atom is -0.543 e. The highest BCUT2D eigenvalue weighted by Gasteiger charge is 2.42. The molecule has 340 valence electrons. The number of fused-ring (bicyclic) bond motifs is 8. The predicted molar refractivity (Wildman–Crippen MR) is 271 cm³/mol. The first kappa shape index (κ1) is 49.5. The Morgan fingerprint density at radius 3 is 0.677 bits per heavy atom. The molecule has 0 saturated carbocycles. The summed E-state index contributed by atoms with van der Waals surface area (Å²) in [6, 6.07) is 18.3. The molecule has 4 nitrogen and oxygen atoms in total. The molecule has 0 fully saturated rings. The summed E-state index contributed by atoms with van der Waals surface area (Å²) < 4.78 is 15.0. The van der Waals surface area contributed by atoms with E-state index >= 15 is 0 Å². The predicted octanol–water partition coefficient (Wildman–Crippen LogP) is 15.7. The van der Waals surface area contributed by atoms with Gasteiger partial charge in [-0.15, -0.1) is 0 Å². The summed E-state index contributed by atoms with van der Waals surface area (Å²) in [5.41, 5.74) is 12.0. The Labute approximate surface area is 380 Å². The second-order valence-corrected chi connectivity index (χ2v) is 35.4. The molecule has 1 aliphatic carbocycles. The Hall–Kier alpha value is -3.49. The second-order valence-electron chi connectivity index (χ2n) is 26.0. The zero-order chi connectivity index (χ0) is 47.1. The van der Waals surface area contributed by atoms with Crippen LogP contribution in [-0.2, 0) is 47.3 Å². The van der Waals surface area contributed by atoms with E-state index in [1.807, 2.05) is 0 Å². The van der Waals surface area contributed by atoms with Crippen molar-refractivity contribution in [2.24, 2.45) is 0 Å². The number of benzene rings is 4. The molecule has 0 unspecified atom stereocenters. The van der Waals surface area contributed by atoms with E-state index in [9.17, 15) is 10.2 Å². The van der Waals surface area contributed by atoms with Crippen LogP contribution >= 0.6 is 0 Å². The van der Waals surface area contributed by atoms with Crippen LogP contribution in [0.4, 0.5) is 0 Å². The molecule has 4 aromatic rings. The van der Waals surface area contributed by atoms with Crippen molar-refractivity contribution in [3.63, 3.8) is 0 Å². The summed E-state index contributed by atoms with van der Waals surface area (Å²) in [5, 5.41) is 25.4. The first-order chi connectivity index (χ1) is 27.8. The van der Waals surface area contributed by atoms with E-state index in [0.717, 1.165) is 56.0 Å². The van der Waals surface area contributed by atoms with Gasteiger partial charge in [0, 0.05) is 25.7 Å². The molecular formula is C56H84O4Si2. The fourth-order valence-electron chi connectivity index (χ4n) is 7.72. The van der Waals surface area contributed by atoms with Crippen molar-refractivity contribution >= 4 is 16.6 Å². The molecule has 0 spiro atoms. The zero-order valence-electron chi connectivity index (χ0n) is 43.2. The van der Waals surface area contributed by atoms with Gasteiger partial charge in [-0.05, 0) is 125 Å². The lowest BCUT2D eigenvalue weighted by Crippen LogP contribution is -2.44. The maximum Gasteiger partial charge on any atom is 0.250 e. The van der Waals surface area contributed by atoms with E-state index in [2.05, 4.69) is 199 Å². The van der Waals surface area contributed by atoms with Crippen molar-refractivity contribution < 1.29 is 19.1 Å². The van der Waals surface area contributed by atoms with Crippen molar-refractivity contribution in [1.29, 1.82) is 0 Å². The highest BCUT2D eigenvalue weighted by molar-refractivity contribution is 6.75. The monoisotopic (exact) mass is 877 g/mol. The van der Waals surface area contributed by atoms with Gasteiger partial charge in [-0.3, -0.25) is 0 Å². The van der Waals surface area contributed by atoms with Crippen LogP contribution in [-0.4, -0.2) is 26.8 Å². The molecule has 0 saturated heterocycles. The summed E-state index contributed by atoms with van der Waals surface area (Å²) >= 11 is 0. The Morgan fingerprint density at radius 1 is 0.339 bits per heavy atom. The van der Waals surface area contributed by atoms with Crippen LogP contribution in [0.3, 0.4) is 0 Å². The fraction of sp³-hybridized carbons (Fsp3) is 0.571. The van der Waals surface area contributed by atoms with E-state index < -0.39 is 16.6 Å². The average Bonchev–Trinajstić information content (AvgIpc) is 3.07. The molecule has 62 heavy (non-hydrogen) atoms. The zero-order valence-corrected chi connectivity index (χ0v) is 45.2. The van der Waals surface area contributed by atoms with Crippen LogP contribution < -0.4 is 8.85 Å². The van der Waals surface area contributed by atoms with Crippen molar-refractivity contribution in [1.82, 2.24) is 0 Å². The van der Waals surface area contributed by atoms with Crippen LogP contribution in [0.25, 0.3) is 0 Å². The van der Waals surface area contributed by atoms with Gasteiger partial charge in [0.1, 0.15) is 23.0 Å². The van der Waals surface area contributed by atoms with E-state index in [4.69, 9.17) is 8.85 Å². The lowest BCUT2D eigenvalue weighted by molar-refractivity contribution is 0.456. The smallest absolute Gasteiger partial charge is 0.250 e. The van der Waals surface area contributed by atoms with Gasteiger partial charge in [0.05, 0.1) is 0 Å². The highest BCUT2D eigenvalue weighted by Crippen LogP contribution is 2.47. The minimum absolute atomic E-state index is 0.0486. The third kappa shape index (κ3) is 10.5. The van der Waals surface area contributed by atoms with Crippen LogP contribution in [0.2, 0.25) is 36.3 Å². The molecule has 6 heteroatoms. The fourth-order valence-corrected chi connectivity index (χ4v) is 9.88. The van der Waals surface area contributed by atoms with Gasteiger partial charge in [-0.2, -0.15) is 0 Å². The topological polar surface area (TPSA) is 58.9 Å². The summed E-state index contributed by atoms with van der Waals surface area (Å²) in [7, 11) is -4.76. The van der Waals surface area contributed by atoms with E-state index in [-0.39, 0.29) is 31.7 Å². The lowest BCUT2D eigenvalue weighted by atomic mass is 9.79. The van der Waals surface area contributed by atoms with Crippen LogP contribution in [0.5, 0.6) is 23.0 Å². The first-order valence-corrected chi connectivity index (χ1v) is 29.0. The molecule has 2 N–H and O–H groups in total. The third-order valence-electron chi connectivity index (χ3n) is 14.3. The molecule has 4 aromatic carbocycles. The SMILES string of the molecule is CC(C)(C)c1cc2c(O)c(c1)Cc1cc(C(C)(C)C)cc(c1O[Si](C)(C)C(C)(C)C)Cc1cc(C(C)(C)C)cc(c1O)Cc1cc(C(C)(C)C)cc(c1O[Si](C)(C)C(C)(C)C)C2. The Bertz CT molecular complexity index is 2060. The third-order valence-corrected chi connectivity index (χ3v) is 23.0. The molecule has 5 rings (SSSR count). The summed E-state index contributed by atoms with van der Waals surface area (Å²) in [6.07, 6.45) is 2.01. The van der Waals surface area contributed by atoms with Gasteiger partial charge in [-0.25, -0.2) is 0 Å². The molecule has 8 bridgehead atoms. The average molecular weight is 877 g/mol. The Balaban J connectivity index is 2.02. The van der Waals surface area contributed by atoms with Gasteiger partial charge in [0.25, 0.3) is 16.6 Å². The summed E-state index contributed by atoms with van der Waals surface area (Å²) in [5.74, 6) is 2.46.